The summed E-state index contributed by atoms with van der Waals surface area (Å²) in [5.41, 5.74) is 0. The SMILES string of the molecule is O=C1CC(CS)CN1CCNc1ccccn1. The Bertz CT molecular complexity index is 371. The van der Waals surface area contributed by atoms with Gasteiger partial charge in [-0.05, 0) is 23.8 Å². The number of carbonyl (C=O) groups excluding carboxylic acids is 1. The maximum Gasteiger partial charge on any atom is 0.223 e. The number of hydrogen-bond acceptors (Lipinski definition) is 4. The summed E-state index contributed by atoms with van der Waals surface area (Å²) in [5, 5.41) is 3.20. The predicted octanol–water partition coefficient (Wildman–Crippen LogP) is 1.27. The van der Waals surface area contributed by atoms with Crippen molar-refractivity contribution in [1.29, 1.82) is 0 Å². The Hall–Kier alpha value is -1.23. The second kappa shape index (κ2) is 5.91. The Morgan fingerprint density at radius 1 is 1.53 bits per heavy atom. The molecule has 0 aliphatic carbocycles. The molecule has 0 aromatic carbocycles. The molecule has 1 aliphatic heterocycles. The van der Waals surface area contributed by atoms with E-state index >= 15 is 0 Å². The standard InChI is InChI=1S/C12H17N3OS/c16-12-7-10(9-17)8-15(12)6-5-14-11-3-1-2-4-13-11/h1-4,10,17H,5-9H2,(H,13,14). The van der Waals surface area contributed by atoms with Gasteiger partial charge in [-0.15, -0.1) is 0 Å². The number of amides is 1. The van der Waals surface area contributed by atoms with Crippen molar-refractivity contribution < 1.29 is 4.79 Å². The van der Waals surface area contributed by atoms with Gasteiger partial charge in [0.25, 0.3) is 0 Å². The molecule has 92 valence electrons. The molecule has 1 aliphatic rings. The lowest BCUT2D eigenvalue weighted by atomic mass is 10.1. The second-order valence-corrected chi connectivity index (χ2v) is 4.60. The number of aromatic nitrogens is 1. The average molecular weight is 251 g/mol. The first kappa shape index (κ1) is 12.2. The van der Waals surface area contributed by atoms with E-state index < -0.39 is 0 Å². The van der Waals surface area contributed by atoms with Gasteiger partial charge in [0.2, 0.25) is 5.91 Å². The lowest BCUT2D eigenvalue weighted by Gasteiger charge is -2.16. The number of anilines is 1. The summed E-state index contributed by atoms with van der Waals surface area (Å²) in [6.07, 6.45) is 2.40. The van der Waals surface area contributed by atoms with Gasteiger partial charge in [0.1, 0.15) is 5.82 Å². The van der Waals surface area contributed by atoms with Crippen molar-refractivity contribution in [2.24, 2.45) is 5.92 Å². The first-order chi connectivity index (χ1) is 8.29. The van der Waals surface area contributed by atoms with Crippen LogP contribution in [0.5, 0.6) is 0 Å². The number of pyridine rings is 1. The van der Waals surface area contributed by atoms with Crippen molar-refractivity contribution in [3.8, 4) is 0 Å². The minimum Gasteiger partial charge on any atom is -0.368 e. The van der Waals surface area contributed by atoms with Gasteiger partial charge < -0.3 is 10.2 Å². The maximum absolute atomic E-state index is 11.6. The van der Waals surface area contributed by atoms with Crippen LogP contribution in [0.3, 0.4) is 0 Å². The van der Waals surface area contributed by atoms with E-state index in [0.29, 0.717) is 12.3 Å². The molecule has 1 unspecified atom stereocenters. The Labute approximate surface area is 107 Å². The van der Waals surface area contributed by atoms with Gasteiger partial charge in [0.05, 0.1) is 0 Å². The van der Waals surface area contributed by atoms with Crippen molar-refractivity contribution >= 4 is 24.4 Å². The summed E-state index contributed by atoms with van der Waals surface area (Å²) in [6.45, 7) is 2.31. The molecular weight excluding hydrogens is 234 g/mol. The largest absolute Gasteiger partial charge is 0.368 e. The molecular formula is C12H17N3OS. The van der Waals surface area contributed by atoms with Crippen LogP contribution in [0.2, 0.25) is 0 Å². The second-order valence-electron chi connectivity index (χ2n) is 4.23. The summed E-state index contributed by atoms with van der Waals surface area (Å²) < 4.78 is 0. The zero-order chi connectivity index (χ0) is 12.1. The number of hydrogen-bond donors (Lipinski definition) is 2. The Morgan fingerprint density at radius 2 is 2.41 bits per heavy atom. The summed E-state index contributed by atoms with van der Waals surface area (Å²) in [4.78, 5) is 17.7. The van der Waals surface area contributed by atoms with Crippen LogP contribution in [0.1, 0.15) is 6.42 Å². The molecule has 1 N–H and O–H groups in total. The van der Waals surface area contributed by atoms with E-state index in [0.717, 1.165) is 31.2 Å². The Kier molecular flexibility index (Phi) is 4.25. The van der Waals surface area contributed by atoms with Gasteiger partial charge in [-0.25, -0.2) is 4.98 Å². The normalized spacial score (nSPS) is 19.7. The van der Waals surface area contributed by atoms with Gasteiger partial charge in [0, 0.05) is 32.3 Å². The van der Waals surface area contributed by atoms with Gasteiger partial charge in [-0.2, -0.15) is 12.6 Å². The van der Waals surface area contributed by atoms with E-state index in [1.54, 1.807) is 6.20 Å². The Balaban J connectivity index is 1.74. The van der Waals surface area contributed by atoms with Crippen LogP contribution < -0.4 is 5.32 Å². The molecule has 4 nitrogen and oxygen atoms in total. The minimum atomic E-state index is 0.242. The molecule has 1 aromatic rings. The lowest BCUT2D eigenvalue weighted by Crippen LogP contribution is -2.30. The monoisotopic (exact) mass is 251 g/mol. The van der Waals surface area contributed by atoms with Crippen LogP contribution in [0.4, 0.5) is 5.82 Å². The summed E-state index contributed by atoms with van der Waals surface area (Å²) in [5.74, 6) is 2.30. The molecule has 5 heteroatoms. The van der Waals surface area contributed by atoms with Gasteiger partial charge in [-0.1, -0.05) is 6.07 Å². The number of likely N-dealkylation sites (tertiary alicyclic amines) is 1. The molecule has 0 radical (unpaired) electrons. The molecule has 2 rings (SSSR count). The fourth-order valence-electron chi connectivity index (χ4n) is 1.98. The highest BCUT2D eigenvalue weighted by atomic mass is 32.1. The molecule has 17 heavy (non-hydrogen) atoms. The van der Waals surface area contributed by atoms with E-state index in [4.69, 9.17) is 0 Å². The number of nitrogens with one attached hydrogen (secondary N) is 1. The topological polar surface area (TPSA) is 45.2 Å². The van der Waals surface area contributed by atoms with E-state index in [9.17, 15) is 4.79 Å². The van der Waals surface area contributed by atoms with Crippen molar-refractivity contribution in [2.45, 2.75) is 6.42 Å². The summed E-state index contributed by atoms with van der Waals surface area (Å²) in [6, 6.07) is 5.74. The molecule has 1 amide bonds. The molecule has 1 fully saturated rings. The smallest absolute Gasteiger partial charge is 0.223 e. The summed E-state index contributed by atoms with van der Waals surface area (Å²) >= 11 is 4.24. The average Bonchev–Trinajstić information content (AvgIpc) is 2.72. The van der Waals surface area contributed by atoms with E-state index in [1.807, 2.05) is 23.1 Å². The number of carbonyl (C=O) groups is 1. The van der Waals surface area contributed by atoms with Crippen LogP contribution in [0.15, 0.2) is 24.4 Å². The van der Waals surface area contributed by atoms with Crippen LogP contribution in [0, 0.1) is 5.92 Å². The van der Waals surface area contributed by atoms with Gasteiger partial charge >= 0.3 is 0 Å². The lowest BCUT2D eigenvalue weighted by molar-refractivity contribution is -0.127. The van der Waals surface area contributed by atoms with Crippen molar-refractivity contribution in [1.82, 2.24) is 9.88 Å². The molecule has 1 atom stereocenters. The highest BCUT2D eigenvalue weighted by molar-refractivity contribution is 7.80. The zero-order valence-electron chi connectivity index (χ0n) is 9.67. The molecule has 2 heterocycles. The first-order valence-corrected chi connectivity index (χ1v) is 6.46. The van der Waals surface area contributed by atoms with Crippen molar-refractivity contribution in [3.63, 3.8) is 0 Å². The number of nitrogens with zero attached hydrogens (tertiary/aromatic N) is 2. The van der Waals surface area contributed by atoms with E-state index in [1.165, 1.54) is 0 Å². The van der Waals surface area contributed by atoms with Gasteiger partial charge in [0.15, 0.2) is 0 Å². The van der Waals surface area contributed by atoms with Crippen molar-refractivity contribution in [3.05, 3.63) is 24.4 Å². The number of thiol groups is 1. The predicted molar refractivity (Wildman–Crippen MR) is 71.3 cm³/mol. The van der Waals surface area contributed by atoms with Crippen LogP contribution in [-0.2, 0) is 4.79 Å². The fraction of sp³-hybridized carbons (Fsp3) is 0.500. The number of rotatable bonds is 5. The molecule has 0 saturated carbocycles. The molecule has 1 saturated heterocycles. The minimum absolute atomic E-state index is 0.242. The fourth-order valence-corrected chi connectivity index (χ4v) is 2.22. The van der Waals surface area contributed by atoms with Crippen LogP contribution >= 0.6 is 12.6 Å². The van der Waals surface area contributed by atoms with E-state index in [2.05, 4.69) is 22.9 Å². The van der Waals surface area contributed by atoms with Crippen LogP contribution in [0.25, 0.3) is 0 Å². The highest BCUT2D eigenvalue weighted by Gasteiger charge is 2.27. The Morgan fingerprint density at radius 3 is 3.06 bits per heavy atom. The summed E-state index contributed by atoms with van der Waals surface area (Å²) in [7, 11) is 0. The maximum atomic E-state index is 11.6. The molecule has 0 bridgehead atoms. The third kappa shape index (κ3) is 3.36. The third-order valence-electron chi connectivity index (χ3n) is 2.91. The van der Waals surface area contributed by atoms with Gasteiger partial charge in [-0.3, -0.25) is 4.79 Å². The third-order valence-corrected chi connectivity index (χ3v) is 3.42. The van der Waals surface area contributed by atoms with Crippen molar-refractivity contribution in [2.75, 3.05) is 30.7 Å². The van der Waals surface area contributed by atoms with Crippen LogP contribution in [-0.4, -0.2) is 41.2 Å². The zero-order valence-corrected chi connectivity index (χ0v) is 10.6. The molecule has 0 spiro atoms. The highest BCUT2D eigenvalue weighted by Crippen LogP contribution is 2.18. The molecule has 1 aromatic heterocycles. The van der Waals surface area contributed by atoms with E-state index in [-0.39, 0.29) is 5.91 Å². The first-order valence-electron chi connectivity index (χ1n) is 5.83. The quantitative estimate of drug-likeness (QED) is 0.775.